The van der Waals surface area contributed by atoms with Gasteiger partial charge in [-0.2, -0.15) is 0 Å². The molecular formula is C10H21NO4. The van der Waals surface area contributed by atoms with Crippen molar-refractivity contribution in [2.45, 2.75) is 13.3 Å². The van der Waals surface area contributed by atoms with Crippen LogP contribution in [-0.4, -0.2) is 62.5 Å². The number of hydrogen-bond acceptors (Lipinski definition) is 4. The first kappa shape index (κ1) is 14.3. The number of aliphatic hydroxyl groups excluding tert-OH is 1. The summed E-state index contributed by atoms with van der Waals surface area (Å²) in [5, 5.41) is 8.42. The lowest BCUT2D eigenvalue weighted by molar-refractivity contribution is -0.130. The summed E-state index contributed by atoms with van der Waals surface area (Å²) < 4.78 is 10.2. The lowest BCUT2D eigenvalue weighted by atomic mass is 10.4. The zero-order valence-electron chi connectivity index (χ0n) is 9.57. The smallest absolute Gasteiger partial charge is 0.222 e. The van der Waals surface area contributed by atoms with E-state index in [1.807, 2.05) is 6.92 Å². The monoisotopic (exact) mass is 219 g/mol. The molecule has 0 aliphatic heterocycles. The van der Waals surface area contributed by atoms with Gasteiger partial charge < -0.3 is 19.5 Å². The molecular weight excluding hydrogens is 198 g/mol. The second-order valence-electron chi connectivity index (χ2n) is 3.12. The SMILES string of the molecule is CCC(=O)N(C)CCOCCOCCO. The maximum absolute atomic E-state index is 11.1. The molecule has 0 saturated heterocycles. The van der Waals surface area contributed by atoms with Crippen molar-refractivity contribution in [2.75, 3.05) is 46.6 Å². The van der Waals surface area contributed by atoms with Crippen LogP contribution in [0.25, 0.3) is 0 Å². The predicted octanol–water partition coefficient (Wildman–Crippen LogP) is -0.120. The third-order valence-corrected chi connectivity index (χ3v) is 1.91. The van der Waals surface area contributed by atoms with Gasteiger partial charge >= 0.3 is 0 Å². The third kappa shape index (κ3) is 8.35. The van der Waals surface area contributed by atoms with Gasteiger partial charge in [-0.15, -0.1) is 0 Å². The number of nitrogens with zero attached hydrogens (tertiary/aromatic N) is 1. The molecule has 15 heavy (non-hydrogen) atoms. The summed E-state index contributed by atoms with van der Waals surface area (Å²) in [5.74, 6) is 0.120. The molecule has 1 amide bonds. The summed E-state index contributed by atoms with van der Waals surface area (Å²) in [6, 6.07) is 0. The van der Waals surface area contributed by atoms with Crippen LogP contribution in [0.2, 0.25) is 0 Å². The van der Waals surface area contributed by atoms with Gasteiger partial charge in [0.05, 0.1) is 33.0 Å². The van der Waals surface area contributed by atoms with Crippen molar-refractivity contribution in [1.82, 2.24) is 4.90 Å². The first-order valence-corrected chi connectivity index (χ1v) is 5.22. The van der Waals surface area contributed by atoms with E-state index in [1.165, 1.54) is 0 Å². The lowest BCUT2D eigenvalue weighted by Gasteiger charge is -2.15. The van der Waals surface area contributed by atoms with Gasteiger partial charge in [0, 0.05) is 20.0 Å². The molecule has 0 rings (SSSR count). The Bertz CT molecular complexity index is 164. The van der Waals surface area contributed by atoms with Crippen LogP contribution in [-0.2, 0) is 14.3 Å². The van der Waals surface area contributed by atoms with Gasteiger partial charge in [-0.05, 0) is 0 Å². The van der Waals surface area contributed by atoms with E-state index in [1.54, 1.807) is 11.9 Å². The summed E-state index contributed by atoms with van der Waals surface area (Å²) >= 11 is 0. The van der Waals surface area contributed by atoms with Crippen LogP contribution in [0.3, 0.4) is 0 Å². The van der Waals surface area contributed by atoms with Gasteiger partial charge in [0.15, 0.2) is 0 Å². The van der Waals surface area contributed by atoms with Crippen LogP contribution in [0.4, 0.5) is 0 Å². The summed E-state index contributed by atoms with van der Waals surface area (Å²) in [6.45, 7) is 4.31. The quantitative estimate of drug-likeness (QED) is 0.549. The van der Waals surface area contributed by atoms with Crippen LogP contribution in [0, 0.1) is 0 Å². The highest BCUT2D eigenvalue weighted by Crippen LogP contribution is 1.89. The number of carbonyl (C=O) groups excluding carboxylic acids is 1. The molecule has 0 aliphatic rings. The average Bonchev–Trinajstić information content (AvgIpc) is 2.26. The van der Waals surface area contributed by atoms with Crippen molar-refractivity contribution in [3.8, 4) is 0 Å². The van der Waals surface area contributed by atoms with Gasteiger partial charge in [0.2, 0.25) is 5.91 Å². The largest absolute Gasteiger partial charge is 0.394 e. The number of aliphatic hydroxyl groups is 1. The van der Waals surface area contributed by atoms with Crippen molar-refractivity contribution in [2.24, 2.45) is 0 Å². The van der Waals surface area contributed by atoms with Crippen molar-refractivity contribution in [1.29, 1.82) is 0 Å². The van der Waals surface area contributed by atoms with E-state index in [0.29, 0.717) is 39.4 Å². The molecule has 0 aromatic rings. The number of amides is 1. The minimum absolute atomic E-state index is 0.0355. The fourth-order valence-electron chi connectivity index (χ4n) is 0.983. The first-order chi connectivity index (χ1) is 7.22. The second-order valence-corrected chi connectivity index (χ2v) is 3.12. The molecule has 0 saturated carbocycles. The maximum Gasteiger partial charge on any atom is 0.222 e. The third-order valence-electron chi connectivity index (χ3n) is 1.91. The van der Waals surface area contributed by atoms with E-state index in [9.17, 15) is 4.79 Å². The molecule has 0 spiro atoms. The molecule has 0 bridgehead atoms. The van der Waals surface area contributed by atoms with Crippen LogP contribution in [0.5, 0.6) is 0 Å². The highest BCUT2D eigenvalue weighted by molar-refractivity contribution is 5.75. The Morgan fingerprint density at radius 3 is 2.33 bits per heavy atom. The molecule has 1 N–H and O–H groups in total. The van der Waals surface area contributed by atoms with Gasteiger partial charge in [0.25, 0.3) is 0 Å². The molecule has 90 valence electrons. The molecule has 5 heteroatoms. The molecule has 0 fully saturated rings. The summed E-state index contributed by atoms with van der Waals surface area (Å²) in [7, 11) is 1.76. The van der Waals surface area contributed by atoms with Crippen LogP contribution < -0.4 is 0 Å². The van der Waals surface area contributed by atoms with Crippen LogP contribution in [0.15, 0.2) is 0 Å². The highest BCUT2D eigenvalue weighted by atomic mass is 16.5. The Labute approximate surface area is 91.0 Å². The fourth-order valence-corrected chi connectivity index (χ4v) is 0.983. The van der Waals surface area contributed by atoms with E-state index in [4.69, 9.17) is 14.6 Å². The minimum atomic E-state index is 0.0355. The molecule has 0 unspecified atom stereocenters. The van der Waals surface area contributed by atoms with E-state index >= 15 is 0 Å². The molecule has 0 aliphatic carbocycles. The molecule has 0 aromatic heterocycles. The zero-order chi connectivity index (χ0) is 11.5. The van der Waals surface area contributed by atoms with E-state index in [-0.39, 0.29) is 12.5 Å². The Morgan fingerprint density at radius 2 is 1.80 bits per heavy atom. The summed E-state index contributed by atoms with van der Waals surface area (Å²) in [4.78, 5) is 12.8. The number of hydrogen-bond donors (Lipinski definition) is 1. The summed E-state index contributed by atoms with van der Waals surface area (Å²) in [6.07, 6.45) is 0.524. The minimum Gasteiger partial charge on any atom is -0.394 e. The topological polar surface area (TPSA) is 59.0 Å². The summed E-state index contributed by atoms with van der Waals surface area (Å²) in [5.41, 5.74) is 0. The predicted molar refractivity (Wildman–Crippen MR) is 56.7 cm³/mol. The van der Waals surface area contributed by atoms with Crippen LogP contribution in [0.1, 0.15) is 13.3 Å². The van der Waals surface area contributed by atoms with Crippen molar-refractivity contribution < 1.29 is 19.4 Å². The Hall–Kier alpha value is -0.650. The maximum atomic E-state index is 11.1. The average molecular weight is 219 g/mol. The van der Waals surface area contributed by atoms with E-state index in [2.05, 4.69) is 0 Å². The number of ether oxygens (including phenoxy) is 2. The van der Waals surface area contributed by atoms with Gasteiger partial charge in [0.1, 0.15) is 0 Å². The molecule has 5 nitrogen and oxygen atoms in total. The number of rotatable bonds is 9. The normalized spacial score (nSPS) is 10.3. The zero-order valence-corrected chi connectivity index (χ0v) is 9.57. The van der Waals surface area contributed by atoms with Gasteiger partial charge in [-0.1, -0.05) is 6.92 Å². The number of likely N-dealkylation sites (N-methyl/N-ethyl adjacent to an activating group) is 1. The van der Waals surface area contributed by atoms with Crippen LogP contribution >= 0.6 is 0 Å². The standard InChI is InChI=1S/C10H21NO4/c1-3-10(13)11(2)4-6-14-8-9-15-7-5-12/h12H,3-9H2,1-2H3. The molecule has 0 atom stereocenters. The Balaban J connectivity index is 3.20. The first-order valence-electron chi connectivity index (χ1n) is 5.22. The van der Waals surface area contributed by atoms with Gasteiger partial charge in [-0.25, -0.2) is 0 Å². The molecule has 0 heterocycles. The van der Waals surface area contributed by atoms with Gasteiger partial charge in [-0.3, -0.25) is 4.79 Å². The van der Waals surface area contributed by atoms with Crippen molar-refractivity contribution in [3.63, 3.8) is 0 Å². The fraction of sp³-hybridized carbons (Fsp3) is 0.900. The van der Waals surface area contributed by atoms with E-state index in [0.717, 1.165) is 0 Å². The molecule has 0 aromatic carbocycles. The van der Waals surface area contributed by atoms with E-state index < -0.39 is 0 Å². The second kappa shape index (κ2) is 9.89. The lowest BCUT2D eigenvalue weighted by Crippen LogP contribution is -2.29. The Kier molecular flexibility index (Phi) is 9.46. The highest BCUT2D eigenvalue weighted by Gasteiger charge is 2.04. The number of carbonyl (C=O) groups is 1. The van der Waals surface area contributed by atoms with Crippen molar-refractivity contribution >= 4 is 5.91 Å². The van der Waals surface area contributed by atoms with Crippen molar-refractivity contribution in [3.05, 3.63) is 0 Å². The molecule has 0 radical (unpaired) electrons. The Morgan fingerprint density at radius 1 is 1.20 bits per heavy atom.